The van der Waals surface area contributed by atoms with Gasteiger partial charge in [0.1, 0.15) is 0 Å². The number of nitrogens with two attached hydrogens (primary N) is 1. The van der Waals surface area contributed by atoms with Crippen LogP contribution in [-0.4, -0.2) is 14.7 Å². The number of hydrogen-bond donors (Lipinski definition) is 1. The molecule has 0 bridgehead atoms. The first-order valence-electron chi connectivity index (χ1n) is 4.59. The van der Waals surface area contributed by atoms with Gasteiger partial charge in [0.25, 0.3) is 0 Å². The maximum Gasteiger partial charge on any atom is 0.417 e. The monoisotopic (exact) mass is 321 g/mol. The fourth-order valence-corrected chi connectivity index (χ4v) is 2.16. The zero-order valence-electron chi connectivity index (χ0n) is 9.21. The van der Waals surface area contributed by atoms with Crippen molar-refractivity contribution in [1.82, 2.24) is 0 Å². The number of carbonyl (C=O) groups is 1. The molecule has 1 aromatic carbocycles. The second kappa shape index (κ2) is 4.74. The van der Waals surface area contributed by atoms with Crippen LogP contribution in [0.15, 0.2) is 17.0 Å². The smallest absolute Gasteiger partial charge is 0.298 e. The maximum absolute atomic E-state index is 12.6. The lowest BCUT2D eigenvalue weighted by Gasteiger charge is -2.16. The first-order valence-corrected chi connectivity index (χ1v) is 6.13. The van der Waals surface area contributed by atoms with Crippen LogP contribution in [-0.2, 0) is 22.4 Å². The molecule has 0 aromatic heterocycles. The molecule has 11 heteroatoms. The summed E-state index contributed by atoms with van der Waals surface area (Å²) < 4.78 is 97.5. The summed E-state index contributed by atoms with van der Waals surface area (Å²) in [6, 6.07) is -0.503. The van der Waals surface area contributed by atoms with Crippen molar-refractivity contribution in [3.8, 4) is 0 Å². The van der Waals surface area contributed by atoms with E-state index in [-0.39, 0.29) is 12.1 Å². The molecule has 0 fully saturated rings. The van der Waals surface area contributed by atoms with Crippen molar-refractivity contribution in [2.75, 3.05) is 0 Å². The van der Waals surface area contributed by atoms with Gasteiger partial charge in [0.15, 0.2) is 6.29 Å². The first-order chi connectivity index (χ1) is 8.78. The highest BCUT2D eigenvalue weighted by molar-refractivity contribution is 7.89. The molecule has 1 rings (SSSR count). The molecule has 0 unspecified atom stereocenters. The molecule has 0 amide bonds. The SMILES string of the molecule is NS(=O)(=O)c1cc(C(F)(F)F)c(C=O)cc1C(F)(F)F. The summed E-state index contributed by atoms with van der Waals surface area (Å²) in [5.74, 6) is 0. The summed E-state index contributed by atoms with van der Waals surface area (Å²) in [5.41, 5.74) is -5.09. The zero-order chi connectivity index (χ0) is 15.9. The molecule has 2 N–H and O–H groups in total. The second-order valence-corrected chi connectivity index (χ2v) is 5.12. The van der Waals surface area contributed by atoms with Crippen LogP contribution in [0.4, 0.5) is 26.3 Å². The third-order valence-corrected chi connectivity index (χ3v) is 3.15. The summed E-state index contributed by atoms with van der Waals surface area (Å²) >= 11 is 0. The summed E-state index contributed by atoms with van der Waals surface area (Å²) in [7, 11) is -5.06. The van der Waals surface area contributed by atoms with Crippen molar-refractivity contribution in [2.45, 2.75) is 17.2 Å². The van der Waals surface area contributed by atoms with E-state index in [2.05, 4.69) is 5.14 Å². The predicted molar refractivity (Wildman–Crippen MR) is 53.2 cm³/mol. The highest BCUT2D eigenvalue weighted by Gasteiger charge is 2.41. The summed E-state index contributed by atoms with van der Waals surface area (Å²) in [6.07, 6.45) is -10.9. The van der Waals surface area contributed by atoms with E-state index in [9.17, 15) is 39.6 Å². The molecule has 0 radical (unpaired) electrons. The Balaban J connectivity index is 3.86. The van der Waals surface area contributed by atoms with Gasteiger partial charge in [-0.05, 0) is 12.1 Å². The van der Waals surface area contributed by atoms with Crippen LogP contribution >= 0.6 is 0 Å². The summed E-state index contributed by atoms with van der Waals surface area (Å²) in [4.78, 5) is 8.72. The van der Waals surface area contributed by atoms with E-state index in [0.29, 0.717) is 0 Å². The molecule has 0 aliphatic rings. The van der Waals surface area contributed by atoms with Gasteiger partial charge in [-0.15, -0.1) is 0 Å². The van der Waals surface area contributed by atoms with Gasteiger partial charge in [-0.2, -0.15) is 26.3 Å². The number of carbonyl (C=O) groups excluding carboxylic acids is 1. The number of alkyl halides is 6. The minimum Gasteiger partial charge on any atom is -0.298 e. The number of primary sulfonamides is 1. The quantitative estimate of drug-likeness (QED) is 0.670. The maximum atomic E-state index is 12.6. The van der Waals surface area contributed by atoms with E-state index in [0.717, 1.165) is 0 Å². The van der Waals surface area contributed by atoms with Crippen LogP contribution in [0.2, 0.25) is 0 Å². The minimum atomic E-state index is -5.29. The van der Waals surface area contributed by atoms with Gasteiger partial charge in [-0.25, -0.2) is 13.6 Å². The molecule has 0 atom stereocenters. The van der Waals surface area contributed by atoms with Crippen LogP contribution in [0, 0.1) is 0 Å². The van der Waals surface area contributed by atoms with Gasteiger partial charge >= 0.3 is 12.4 Å². The third-order valence-electron chi connectivity index (χ3n) is 2.20. The molecular weight excluding hydrogens is 316 g/mol. The van der Waals surface area contributed by atoms with Crippen LogP contribution in [0.5, 0.6) is 0 Å². The Kier molecular flexibility index (Phi) is 3.89. The van der Waals surface area contributed by atoms with Crippen LogP contribution in [0.1, 0.15) is 21.5 Å². The molecule has 4 nitrogen and oxygen atoms in total. The van der Waals surface area contributed by atoms with Crippen molar-refractivity contribution in [2.24, 2.45) is 5.14 Å². The third kappa shape index (κ3) is 3.28. The minimum absolute atomic E-state index is 0.199. The number of benzene rings is 1. The predicted octanol–water partition coefficient (Wildman–Crippen LogP) is 2.18. The highest BCUT2D eigenvalue weighted by Crippen LogP contribution is 2.39. The lowest BCUT2D eigenvalue weighted by atomic mass is 10.0. The van der Waals surface area contributed by atoms with Crippen molar-refractivity contribution < 1.29 is 39.6 Å². The van der Waals surface area contributed by atoms with Crippen LogP contribution in [0.25, 0.3) is 0 Å². The van der Waals surface area contributed by atoms with E-state index in [1.165, 1.54) is 0 Å². The van der Waals surface area contributed by atoms with Gasteiger partial charge < -0.3 is 0 Å². The largest absolute Gasteiger partial charge is 0.417 e. The summed E-state index contributed by atoms with van der Waals surface area (Å²) in [5, 5.41) is 4.47. The Bertz CT molecular complexity index is 647. The van der Waals surface area contributed by atoms with E-state index in [1.807, 2.05) is 0 Å². The van der Waals surface area contributed by atoms with E-state index < -0.39 is 50.2 Å². The Hall–Kier alpha value is -1.62. The average Bonchev–Trinajstić information content (AvgIpc) is 2.23. The number of halogens is 6. The van der Waals surface area contributed by atoms with Crippen LogP contribution in [0.3, 0.4) is 0 Å². The Morgan fingerprint density at radius 3 is 1.70 bits per heavy atom. The van der Waals surface area contributed by atoms with E-state index in [1.54, 1.807) is 0 Å². The number of hydrogen-bond acceptors (Lipinski definition) is 3. The molecule has 0 aliphatic carbocycles. The molecule has 0 saturated carbocycles. The van der Waals surface area contributed by atoms with Gasteiger partial charge in [0.05, 0.1) is 16.0 Å². The fraction of sp³-hybridized carbons (Fsp3) is 0.222. The van der Waals surface area contributed by atoms with Gasteiger partial charge in [-0.3, -0.25) is 4.79 Å². The Morgan fingerprint density at radius 2 is 1.40 bits per heavy atom. The molecule has 1 aromatic rings. The highest BCUT2D eigenvalue weighted by atomic mass is 32.2. The standard InChI is InChI=1S/C9H5F6NO3S/c10-8(11,12)5-2-7(20(16,18)19)6(9(13,14)15)1-4(5)3-17/h1-3H,(H2,16,18,19). The fourth-order valence-electron chi connectivity index (χ4n) is 1.40. The normalized spacial score (nSPS) is 13.3. The Morgan fingerprint density at radius 1 is 0.950 bits per heavy atom. The lowest BCUT2D eigenvalue weighted by molar-refractivity contribution is -0.143. The first kappa shape index (κ1) is 16.4. The van der Waals surface area contributed by atoms with Crippen molar-refractivity contribution in [3.05, 3.63) is 28.8 Å². The van der Waals surface area contributed by atoms with E-state index in [4.69, 9.17) is 0 Å². The number of sulfonamides is 1. The average molecular weight is 321 g/mol. The summed E-state index contributed by atoms with van der Waals surface area (Å²) in [6.45, 7) is 0. The number of aldehydes is 1. The topological polar surface area (TPSA) is 77.2 Å². The van der Waals surface area contributed by atoms with Gasteiger partial charge in [-0.1, -0.05) is 0 Å². The van der Waals surface area contributed by atoms with Gasteiger partial charge in [0.2, 0.25) is 10.0 Å². The molecule has 0 spiro atoms. The molecule has 0 aliphatic heterocycles. The van der Waals surface area contributed by atoms with Crippen molar-refractivity contribution in [3.63, 3.8) is 0 Å². The van der Waals surface area contributed by atoms with Gasteiger partial charge in [0, 0.05) is 5.56 Å². The lowest BCUT2D eigenvalue weighted by Crippen LogP contribution is -2.22. The van der Waals surface area contributed by atoms with Crippen molar-refractivity contribution in [1.29, 1.82) is 0 Å². The second-order valence-electron chi connectivity index (χ2n) is 3.59. The molecule has 112 valence electrons. The molecule has 20 heavy (non-hydrogen) atoms. The Labute approximate surface area is 108 Å². The molecule has 0 heterocycles. The number of rotatable bonds is 2. The molecule has 0 saturated heterocycles. The molecular formula is C9H5F6NO3S. The zero-order valence-corrected chi connectivity index (χ0v) is 10.0. The van der Waals surface area contributed by atoms with Crippen molar-refractivity contribution >= 4 is 16.3 Å². The van der Waals surface area contributed by atoms with E-state index >= 15 is 0 Å². The van der Waals surface area contributed by atoms with Crippen LogP contribution < -0.4 is 5.14 Å².